The molecule has 0 spiro atoms. The van der Waals surface area contributed by atoms with Crippen molar-refractivity contribution in [3.05, 3.63) is 41.5 Å². The van der Waals surface area contributed by atoms with Crippen LogP contribution in [0.5, 0.6) is 17.2 Å². The molecule has 1 N–H and O–H groups in total. The molecule has 9 heteroatoms. The van der Waals surface area contributed by atoms with Crippen molar-refractivity contribution in [3.8, 4) is 17.2 Å². The van der Waals surface area contributed by atoms with Crippen LogP contribution in [0.4, 0.5) is 5.69 Å². The number of benzene rings is 2. The molecule has 0 fully saturated rings. The summed E-state index contributed by atoms with van der Waals surface area (Å²) >= 11 is 0. The predicted molar refractivity (Wildman–Crippen MR) is 132 cm³/mol. The number of fused-ring (bicyclic) bond motifs is 1. The lowest BCUT2D eigenvalue weighted by molar-refractivity contribution is -0.116. The molecule has 1 atom stereocenters. The molecule has 1 unspecified atom stereocenters. The molecule has 1 aliphatic heterocycles. The van der Waals surface area contributed by atoms with Gasteiger partial charge in [0.2, 0.25) is 5.91 Å². The maximum Gasteiger partial charge on any atom is 0.224 e. The molecule has 2 aromatic rings. The lowest BCUT2D eigenvalue weighted by atomic mass is 10.0. The van der Waals surface area contributed by atoms with Gasteiger partial charge in [-0.25, -0.2) is 4.21 Å². The molecule has 34 heavy (non-hydrogen) atoms. The zero-order valence-electron chi connectivity index (χ0n) is 19.7. The van der Waals surface area contributed by atoms with E-state index in [9.17, 15) is 13.8 Å². The Balaban J connectivity index is 1.58. The second kappa shape index (κ2) is 12.3. The van der Waals surface area contributed by atoms with Crippen LogP contribution in [0.2, 0.25) is 0 Å². The highest BCUT2D eigenvalue weighted by molar-refractivity contribution is 7.84. The van der Waals surface area contributed by atoms with Crippen molar-refractivity contribution in [2.24, 2.45) is 4.40 Å². The number of rotatable bonds is 12. The largest absolute Gasteiger partial charge is 0.494 e. The number of hydrogen-bond donors (Lipinski definition) is 1. The van der Waals surface area contributed by atoms with Gasteiger partial charge in [0.25, 0.3) is 0 Å². The van der Waals surface area contributed by atoms with Crippen LogP contribution in [0.25, 0.3) is 0 Å². The first kappa shape index (κ1) is 25.4. The van der Waals surface area contributed by atoms with Crippen molar-refractivity contribution in [2.75, 3.05) is 26.1 Å². The second-order valence-electron chi connectivity index (χ2n) is 7.74. The number of ketones is 1. The van der Waals surface area contributed by atoms with Crippen molar-refractivity contribution >= 4 is 34.6 Å². The third-order valence-electron chi connectivity index (χ3n) is 5.34. The van der Waals surface area contributed by atoms with E-state index in [1.54, 1.807) is 18.3 Å². The molecule has 8 nitrogen and oxygen atoms in total. The van der Waals surface area contributed by atoms with Gasteiger partial charge in [0, 0.05) is 24.7 Å². The van der Waals surface area contributed by atoms with Crippen molar-refractivity contribution in [1.29, 1.82) is 0 Å². The Morgan fingerprint density at radius 2 is 2.00 bits per heavy atom. The number of methoxy groups -OCH3 is 2. The summed E-state index contributed by atoms with van der Waals surface area (Å²) in [6.45, 7) is 2.38. The topological polar surface area (TPSA) is 103 Å². The first-order valence-electron chi connectivity index (χ1n) is 11.3. The van der Waals surface area contributed by atoms with Gasteiger partial charge < -0.3 is 19.5 Å². The maximum atomic E-state index is 12.9. The zero-order chi connectivity index (χ0) is 24.5. The molecule has 0 saturated heterocycles. The molecule has 0 aromatic heterocycles. The molecule has 0 bridgehead atoms. The van der Waals surface area contributed by atoms with Gasteiger partial charge in [-0.3, -0.25) is 9.59 Å². The van der Waals surface area contributed by atoms with Gasteiger partial charge in [-0.15, -0.1) is 0 Å². The highest BCUT2D eigenvalue weighted by Crippen LogP contribution is 2.36. The molecule has 1 amide bonds. The van der Waals surface area contributed by atoms with Crippen molar-refractivity contribution in [3.63, 3.8) is 0 Å². The number of hydrogen-bond acceptors (Lipinski definition) is 6. The molecular formula is C25H30N2O6S. The predicted octanol–water partition coefficient (Wildman–Crippen LogP) is 4.52. The minimum absolute atomic E-state index is 0.0350. The van der Waals surface area contributed by atoms with Gasteiger partial charge in [-0.1, -0.05) is 6.92 Å². The summed E-state index contributed by atoms with van der Waals surface area (Å²) in [5.74, 6) is 1.32. The summed E-state index contributed by atoms with van der Waals surface area (Å²) in [7, 11) is 1.19. The molecule has 3 rings (SSSR count). The number of nitrogens with one attached hydrogen (secondary N) is 1. The normalized spacial score (nSPS) is 13.8. The number of carbonyl (C=O) groups excluding carboxylic acids is 2. The van der Waals surface area contributed by atoms with Crippen molar-refractivity contribution in [1.82, 2.24) is 0 Å². The van der Waals surface area contributed by atoms with Gasteiger partial charge in [-0.2, -0.15) is 4.40 Å². The summed E-state index contributed by atoms with van der Waals surface area (Å²) in [5, 5.41) is 2.85. The van der Waals surface area contributed by atoms with E-state index in [1.165, 1.54) is 14.2 Å². The number of ether oxygens (including phenoxy) is 3. The van der Waals surface area contributed by atoms with Crippen LogP contribution in [-0.4, -0.2) is 42.9 Å². The SMILES string of the molecule is CCCC(=O)c1c(S(=O)/N=C/CCCOc2ccc3c(c2)CCC(=O)N3)ccc(OC)c1OC. The fraction of sp³-hybridized carbons (Fsp3) is 0.400. The number of Topliss-reactive ketones (excluding diaryl/α,β-unsaturated/α-hetero) is 1. The van der Waals surface area contributed by atoms with Crippen LogP contribution in [0, 0.1) is 0 Å². The van der Waals surface area contributed by atoms with E-state index in [-0.39, 0.29) is 23.0 Å². The Morgan fingerprint density at radius 3 is 2.74 bits per heavy atom. The Hall–Kier alpha value is -3.20. The van der Waals surface area contributed by atoms with Crippen LogP contribution < -0.4 is 19.5 Å². The summed E-state index contributed by atoms with van der Waals surface area (Å²) < 4.78 is 33.5. The van der Waals surface area contributed by atoms with E-state index in [1.807, 2.05) is 25.1 Å². The molecule has 182 valence electrons. The van der Waals surface area contributed by atoms with Crippen LogP contribution in [0.15, 0.2) is 39.6 Å². The quantitative estimate of drug-likeness (QED) is 0.269. The average Bonchev–Trinajstić information content (AvgIpc) is 2.85. The summed E-state index contributed by atoms with van der Waals surface area (Å²) in [4.78, 5) is 24.5. The van der Waals surface area contributed by atoms with E-state index >= 15 is 0 Å². The highest BCUT2D eigenvalue weighted by Gasteiger charge is 2.23. The number of anilines is 1. The first-order chi connectivity index (χ1) is 16.5. The molecule has 1 heterocycles. The third-order valence-corrected chi connectivity index (χ3v) is 6.40. The summed E-state index contributed by atoms with van der Waals surface area (Å²) in [6, 6.07) is 8.86. The van der Waals surface area contributed by atoms with E-state index in [0.717, 1.165) is 17.0 Å². The number of nitrogens with zero attached hydrogens (tertiary/aromatic N) is 1. The van der Waals surface area contributed by atoms with Gasteiger partial charge in [0.1, 0.15) is 5.75 Å². The third kappa shape index (κ3) is 6.22. The van der Waals surface area contributed by atoms with Gasteiger partial charge in [-0.05, 0) is 61.6 Å². The maximum absolute atomic E-state index is 12.9. The fourth-order valence-electron chi connectivity index (χ4n) is 3.66. The monoisotopic (exact) mass is 486 g/mol. The van der Waals surface area contributed by atoms with Gasteiger partial charge in [0.15, 0.2) is 28.3 Å². The molecule has 0 radical (unpaired) electrons. The smallest absolute Gasteiger partial charge is 0.224 e. The number of unbranched alkanes of at least 4 members (excludes halogenated alkanes) is 1. The molecule has 1 aliphatic rings. The fourth-order valence-corrected chi connectivity index (χ4v) is 4.58. The number of amides is 1. The van der Waals surface area contributed by atoms with E-state index in [2.05, 4.69) is 9.71 Å². The molecular weight excluding hydrogens is 456 g/mol. The van der Waals surface area contributed by atoms with E-state index < -0.39 is 11.0 Å². The number of carbonyl (C=O) groups is 2. The van der Waals surface area contributed by atoms with E-state index in [0.29, 0.717) is 55.8 Å². The number of aryl methyl sites for hydroxylation is 1. The molecule has 0 saturated carbocycles. The van der Waals surface area contributed by atoms with Crippen LogP contribution in [-0.2, 0) is 22.2 Å². The molecule has 2 aromatic carbocycles. The van der Waals surface area contributed by atoms with Crippen LogP contribution >= 0.6 is 0 Å². The minimum Gasteiger partial charge on any atom is -0.494 e. The Kier molecular flexibility index (Phi) is 9.21. The highest BCUT2D eigenvalue weighted by atomic mass is 32.2. The summed E-state index contributed by atoms with van der Waals surface area (Å²) in [6.07, 6.45) is 5.00. The molecule has 0 aliphatic carbocycles. The Bertz CT molecular complexity index is 1100. The zero-order valence-corrected chi connectivity index (χ0v) is 20.5. The van der Waals surface area contributed by atoms with Gasteiger partial charge >= 0.3 is 0 Å². The van der Waals surface area contributed by atoms with Crippen LogP contribution in [0.1, 0.15) is 54.9 Å². The van der Waals surface area contributed by atoms with Crippen molar-refractivity contribution in [2.45, 2.75) is 50.3 Å². The van der Waals surface area contributed by atoms with Gasteiger partial charge in [0.05, 0.1) is 31.3 Å². The first-order valence-corrected chi connectivity index (χ1v) is 12.4. The minimum atomic E-state index is -1.75. The van der Waals surface area contributed by atoms with Crippen molar-refractivity contribution < 1.29 is 28.0 Å². The lowest BCUT2D eigenvalue weighted by Gasteiger charge is -2.17. The second-order valence-corrected chi connectivity index (χ2v) is 8.89. The Labute approximate surface area is 202 Å². The van der Waals surface area contributed by atoms with Crippen LogP contribution in [0.3, 0.4) is 0 Å². The lowest BCUT2D eigenvalue weighted by Crippen LogP contribution is -2.18. The van der Waals surface area contributed by atoms with E-state index in [4.69, 9.17) is 14.2 Å². The Morgan fingerprint density at radius 1 is 1.18 bits per heavy atom. The standard InChI is InChI=1S/C25H30N2O6S/c1-4-7-20(28)24-22(12-11-21(31-2)25(24)32-3)34(30)26-14-5-6-15-33-18-9-10-19-17(16-18)8-13-23(29)27-19/h9-12,14,16H,4-8,13,15H2,1-3H3,(H,27,29)/b26-14+. The summed E-state index contributed by atoms with van der Waals surface area (Å²) in [5.41, 5.74) is 2.16. The average molecular weight is 487 g/mol.